The second-order valence-electron chi connectivity index (χ2n) is 6.61. The summed E-state index contributed by atoms with van der Waals surface area (Å²) in [6.07, 6.45) is 1.42. The zero-order valence-electron chi connectivity index (χ0n) is 14.1. The fourth-order valence-corrected chi connectivity index (χ4v) is 3.68. The highest BCUT2D eigenvalue weighted by Crippen LogP contribution is 2.41. The van der Waals surface area contributed by atoms with Crippen LogP contribution in [0.5, 0.6) is 5.75 Å². The molecule has 1 aliphatic carbocycles. The van der Waals surface area contributed by atoms with Gasteiger partial charge in [-0.15, -0.1) is 0 Å². The lowest BCUT2D eigenvalue weighted by molar-refractivity contribution is -0.131. The molecule has 1 saturated heterocycles. The van der Waals surface area contributed by atoms with E-state index in [2.05, 4.69) is 5.32 Å². The number of nitrogens with one attached hydrogen (secondary N) is 1. The molecular formula is C20H20N2O3. The van der Waals surface area contributed by atoms with Gasteiger partial charge in [0.25, 0.3) is 5.91 Å². The van der Waals surface area contributed by atoms with E-state index >= 15 is 0 Å². The summed E-state index contributed by atoms with van der Waals surface area (Å²) in [6.45, 7) is 2.53. The van der Waals surface area contributed by atoms with Crippen molar-refractivity contribution in [2.24, 2.45) is 0 Å². The van der Waals surface area contributed by atoms with Crippen molar-refractivity contribution in [1.29, 1.82) is 0 Å². The van der Waals surface area contributed by atoms with Crippen LogP contribution < -0.4 is 10.1 Å². The van der Waals surface area contributed by atoms with Crippen molar-refractivity contribution in [3.63, 3.8) is 0 Å². The summed E-state index contributed by atoms with van der Waals surface area (Å²) < 4.78 is 5.67. The van der Waals surface area contributed by atoms with Crippen LogP contribution in [0.2, 0.25) is 0 Å². The van der Waals surface area contributed by atoms with Crippen LogP contribution in [0.4, 0.5) is 4.79 Å². The number of carbonyl (C=O) groups excluding carboxylic acids is 2. The van der Waals surface area contributed by atoms with E-state index in [1.54, 1.807) is 0 Å². The summed E-state index contributed by atoms with van der Waals surface area (Å²) in [5, 5.41) is 2.92. The first kappa shape index (κ1) is 15.7. The average molecular weight is 336 g/mol. The molecule has 2 aromatic carbocycles. The van der Waals surface area contributed by atoms with Gasteiger partial charge in [-0.1, -0.05) is 42.0 Å². The summed E-state index contributed by atoms with van der Waals surface area (Å²) in [7, 11) is 0. The number of imide groups is 1. The number of hydrogen-bond donors (Lipinski definition) is 1. The molecule has 2 aromatic rings. The Labute approximate surface area is 146 Å². The van der Waals surface area contributed by atoms with Crippen LogP contribution in [0.3, 0.4) is 0 Å². The molecule has 1 atom stereocenters. The Kier molecular flexibility index (Phi) is 3.71. The van der Waals surface area contributed by atoms with Crippen LogP contribution in [0.15, 0.2) is 48.5 Å². The van der Waals surface area contributed by atoms with Crippen molar-refractivity contribution in [1.82, 2.24) is 10.2 Å². The number of nitrogens with zero attached hydrogens (tertiary/aromatic N) is 1. The Balaban J connectivity index is 1.46. The van der Waals surface area contributed by atoms with E-state index in [0.717, 1.165) is 28.9 Å². The Hall–Kier alpha value is -2.82. The molecule has 5 nitrogen and oxygen atoms in total. The lowest BCUT2D eigenvalue weighted by Gasteiger charge is -2.22. The fourth-order valence-electron chi connectivity index (χ4n) is 3.68. The van der Waals surface area contributed by atoms with Crippen molar-refractivity contribution in [2.75, 3.05) is 13.2 Å². The number of urea groups is 1. The highest BCUT2D eigenvalue weighted by molar-refractivity contribution is 6.08. The van der Waals surface area contributed by atoms with Gasteiger partial charge in [0.05, 0.1) is 6.54 Å². The van der Waals surface area contributed by atoms with Gasteiger partial charge >= 0.3 is 6.03 Å². The molecule has 0 aromatic heterocycles. The largest absolute Gasteiger partial charge is 0.492 e. The van der Waals surface area contributed by atoms with E-state index in [0.29, 0.717) is 6.42 Å². The first-order chi connectivity index (χ1) is 12.1. The van der Waals surface area contributed by atoms with Crippen LogP contribution in [0, 0.1) is 6.92 Å². The quantitative estimate of drug-likeness (QED) is 0.874. The fraction of sp³-hybridized carbons (Fsp3) is 0.300. The highest BCUT2D eigenvalue weighted by Gasteiger charge is 2.54. The van der Waals surface area contributed by atoms with Crippen molar-refractivity contribution in [2.45, 2.75) is 25.3 Å². The molecule has 2 aliphatic rings. The van der Waals surface area contributed by atoms with E-state index in [9.17, 15) is 9.59 Å². The van der Waals surface area contributed by atoms with E-state index in [4.69, 9.17) is 4.74 Å². The maximum atomic E-state index is 13.0. The normalized spacial score (nSPS) is 21.6. The molecule has 1 spiro atoms. The first-order valence-corrected chi connectivity index (χ1v) is 8.52. The van der Waals surface area contributed by atoms with E-state index < -0.39 is 5.54 Å². The number of rotatable bonds is 4. The van der Waals surface area contributed by atoms with Gasteiger partial charge in [-0.3, -0.25) is 9.69 Å². The van der Waals surface area contributed by atoms with Crippen molar-refractivity contribution in [3.8, 4) is 5.75 Å². The Bertz CT molecular complexity index is 831. The second kappa shape index (κ2) is 5.92. The van der Waals surface area contributed by atoms with Gasteiger partial charge in [-0.2, -0.15) is 0 Å². The summed E-state index contributed by atoms with van der Waals surface area (Å²) in [4.78, 5) is 26.6. The minimum absolute atomic E-state index is 0.171. The number of fused-ring (bicyclic) bond motifs is 2. The number of aryl methyl sites for hydroxylation is 2. The van der Waals surface area contributed by atoms with Crippen molar-refractivity contribution in [3.05, 3.63) is 65.2 Å². The highest BCUT2D eigenvalue weighted by atomic mass is 16.5. The minimum Gasteiger partial charge on any atom is -0.492 e. The molecule has 0 saturated carbocycles. The molecule has 0 bridgehead atoms. The van der Waals surface area contributed by atoms with Gasteiger partial charge in [0.1, 0.15) is 17.9 Å². The molecule has 1 N–H and O–H groups in total. The van der Waals surface area contributed by atoms with Crippen molar-refractivity contribution < 1.29 is 14.3 Å². The SMILES string of the molecule is Cc1ccc(OCCN2C(=O)N[C@]3(CCc4ccccc43)C2=O)cc1. The molecular weight excluding hydrogens is 316 g/mol. The van der Waals surface area contributed by atoms with Gasteiger partial charge in [0.15, 0.2) is 0 Å². The van der Waals surface area contributed by atoms with Crippen LogP contribution in [0.25, 0.3) is 0 Å². The predicted octanol–water partition coefficient (Wildman–Crippen LogP) is 2.77. The topological polar surface area (TPSA) is 58.6 Å². The average Bonchev–Trinajstić information content (AvgIpc) is 3.10. The van der Waals surface area contributed by atoms with Gasteiger partial charge in [0, 0.05) is 0 Å². The van der Waals surface area contributed by atoms with Crippen molar-refractivity contribution >= 4 is 11.9 Å². The molecule has 4 rings (SSSR count). The second-order valence-corrected chi connectivity index (χ2v) is 6.61. The molecule has 0 unspecified atom stereocenters. The summed E-state index contributed by atoms with van der Waals surface area (Å²) >= 11 is 0. The lowest BCUT2D eigenvalue weighted by Crippen LogP contribution is -2.42. The molecule has 5 heteroatoms. The van der Waals surface area contributed by atoms with Gasteiger partial charge < -0.3 is 10.1 Å². The smallest absolute Gasteiger partial charge is 0.325 e. The molecule has 1 heterocycles. The van der Waals surface area contributed by atoms with Crippen LogP contribution in [0.1, 0.15) is 23.1 Å². The number of ether oxygens (including phenoxy) is 1. The third-order valence-electron chi connectivity index (χ3n) is 5.03. The number of benzene rings is 2. The maximum Gasteiger partial charge on any atom is 0.325 e. The molecule has 3 amide bonds. The lowest BCUT2D eigenvalue weighted by atomic mass is 9.92. The number of carbonyl (C=O) groups is 2. The van der Waals surface area contributed by atoms with Crippen LogP contribution >= 0.6 is 0 Å². The van der Waals surface area contributed by atoms with Gasteiger partial charge in [-0.05, 0) is 43.0 Å². The van der Waals surface area contributed by atoms with Gasteiger partial charge in [-0.25, -0.2) is 4.79 Å². The minimum atomic E-state index is -0.891. The molecule has 25 heavy (non-hydrogen) atoms. The number of hydrogen-bond acceptors (Lipinski definition) is 3. The predicted molar refractivity (Wildman–Crippen MR) is 93.4 cm³/mol. The first-order valence-electron chi connectivity index (χ1n) is 8.52. The third-order valence-corrected chi connectivity index (χ3v) is 5.03. The summed E-state index contributed by atoms with van der Waals surface area (Å²) in [5.41, 5.74) is 2.32. The Morgan fingerprint density at radius 2 is 1.88 bits per heavy atom. The molecule has 1 fully saturated rings. The van der Waals surface area contributed by atoms with Crippen LogP contribution in [-0.4, -0.2) is 30.0 Å². The maximum absolute atomic E-state index is 13.0. The summed E-state index contributed by atoms with van der Waals surface area (Å²) in [5.74, 6) is 0.563. The Morgan fingerprint density at radius 3 is 2.68 bits per heavy atom. The van der Waals surface area contributed by atoms with E-state index in [1.165, 1.54) is 4.90 Å². The van der Waals surface area contributed by atoms with Crippen LogP contribution in [-0.2, 0) is 16.8 Å². The van der Waals surface area contributed by atoms with E-state index in [1.807, 2.05) is 55.5 Å². The summed E-state index contributed by atoms with van der Waals surface area (Å²) in [6, 6.07) is 15.2. The standard InChI is InChI=1S/C20H20N2O3/c1-14-6-8-16(9-7-14)25-13-12-22-18(23)20(21-19(22)24)11-10-15-4-2-3-5-17(15)20/h2-9H,10-13H2,1H3,(H,21,24)/t20-/m0/s1. The third kappa shape index (κ3) is 2.56. The monoisotopic (exact) mass is 336 g/mol. The zero-order chi connectivity index (χ0) is 17.4. The number of amides is 3. The molecule has 0 radical (unpaired) electrons. The van der Waals surface area contributed by atoms with Gasteiger partial charge in [0.2, 0.25) is 0 Å². The molecule has 1 aliphatic heterocycles. The van der Waals surface area contributed by atoms with E-state index in [-0.39, 0.29) is 25.1 Å². The molecule has 128 valence electrons. The Morgan fingerprint density at radius 1 is 1.12 bits per heavy atom. The zero-order valence-corrected chi connectivity index (χ0v) is 14.1.